The molecule has 1 aliphatic heterocycles. The van der Waals surface area contributed by atoms with E-state index in [4.69, 9.17) is 9.47 Å². The SMILES string of the molecule is C.C.CCC1(CC)OC(C)C(C)O1. The highest BCUT2D eigenvalue weighted by Gasteiger charge is 2.40. The summed E-state index contributed by atoms with van der Waals surface area (Å²) >= 11 is 0. The van der Waals surface area contributed by atoms with Gasteiger partial charge in [0.2, 0.25) is 0 Å². The predicted molar refractivity (Wildman–Crippen MR) is 57.9 cm³/mol. The van der Waals surface area contributed by atoms with Crippen LogP contribution in [0.4, 0.5) is 0 Å². The fraction of sp³-hybridized carbons (Fsp3) is 1.00. The Bertz CT molecular complexity index is 118. The van der Waals surface area contributed by atoms with Crippen molar-refractivity contribution in [3.8, 4) is 0 Å². The standard InChI is InChI=1S/C9H18O2.2CH4/c1-5-9(6-2)10-7(3)8(4)11-9;;/h7-8H,5-6H2,1-4H3;2*1H4. The smallest absolute Gasteiger partial charge is 0.168 e. The van der Waals surface area contributed by atoms with Crippen molar-refractivity contribution >= 4 is 0 Å². The quantitative estimate of drug-likeness (QED) is 0.662. The summed E-state index contributed by atoms with van der Waals surface area (Å²) in [6.07, 6.45) is 2.38. The Morgan fingerprint density at radius 2 is 1.23 bits per heavy atom. The van der Waals surface area contributed by atoms with E-state index < -0.39 is 0 Å². The van der Waals surface area contributed by atoms with Crippen molar-refractivity contribution in [2.75, 3.05) is 0 Å². The molecule has 0 spiro atoms. The molecule has 1 rings (SSSR count). The van der Waals surface area contributed by atoms with E-state index in [0.29, 0.717) is 0 Å². The third-order valence-corrected chi connectivity index (χ3v) is 2.54. The first kappa shape index (κ1) is 15.4. The number of hydrogen-bond donors (Lipinski definition) is 0. The molecular weight excluding hydrogens is 164 g/mol. The van der Waals surface area contributed by atoms with Crippen LogP contribution < -0.4 is 0 Å². The van der Waals surface area contributed by atoms with Gasteiger partial charge in [-0.05, 0) is 26.7 Å². The second-order valence-corrected chi connectivity index (χ2v) is 3.26. The minimum atomic E-state index is -0.279. The lowest BCUT2D eigenvalue weighted by Crippen LogP contribution is -2.28. The van der Waals surface area contributed by atoms with Crippen LogP contribution in [-0.2, 0) is 9.47 Å². The molecule has 2 atom stereocenters. The van der Waals surface area contributed by atoms with Crippen LogP contribution in [0.2, 0.25) is 0 Å². The molecule has 0 aromatic rings. The van der Waals surface area contributed by atoms with E-state index in [1.54, 1.807) is 0 Å². The first-order chi connectivity index (χ1) is 5.13. The Labute approximate surface area is 83.6 Å². The third kappa shape index (κ3) is 2.96. The highest BCUT2D eigenvalue weighted by Crippen LogP contribution is 2.33. The molecule has 0 amide bonds. The van der Waals surface area contributed by atoms with Gasteiger partial charge in [0.25, 0.3) is 0 Å². The highest BCUT2D eigenvalue weighted by atomic mass is 16.8. The minimum absolute atomic E-state index is 0. The molecule has 2 heteroatoms. The van der Waals surface area contributed by atoms with Crippen molar-refractivity contribution in [2.24, 2.45) is 0 Å². The van der Waals surface area contributed by atoms with Crippen molar-refractivity contribution in [1.82, 2.24) is 0 Å². The molecule has 1 saturated heterocycles. The van der Waals surface area contributed by atoms with Gasteiger partial charge in [0.15, 0.2) is 5.79 Å². The maximum absolute atomic E-state index is 5.74. The maximum atomic E-state index is 5.74. The molecule has 13 heavy (non-hydrogen) atoms. The molecule has 0 aromatic heterocycles. The molecule has 0 saturated carbocycles. The fourth-order valence-corrected chi connectivity index (χ4v) is 1.48. The van der Waals surface area contributed by atoms with Gasteiger partial charge >= 0.3 is 0 Å². The van der Waals surface area contributed by atoms with Crippen LogP contribution in [0.1, 0.15) is 55.4 Å². The number of ether oxygens (including phenoxy) is 2. The van der Waals surface area contributed by atoms with E-state index in [9.17, 15) is 0 Å². The molecule has 0 aromatic carbocycles. The molecule has 2 unspecified atom stereocenters. The Morgan fingerprint density at radius 1 is 0.923 bits per heavy atom. The second kappa shape index (κ2) is 5.61. The third-order valence-electron chi connectivity index (χ3n) is 2.54. The topological polar surface area (TPSA) is 18.5 Å². The molecule has 0 bridgehead atoms. The van der Waals surface area contributed by atoms with Gasteiger partial charge in [0.05, 0.1) is 12.2 Å². The first-order valence-electron chi connectivity index (χ1n) is 4.49. The monoisotopic (exact) mass is 190 g/mol. The number of hydrogen-bond acceptors (Lipinski definition) is 2. The summed E-state index contributed by atoms with van der Waals surface area (Å²) in [5.41, 5.74) is 0. The largest absolute Gasteiger partial charge is 0.344 e. The molecule has 1 heterocycles. The molecule has 82 valence electrons. The highest BCUT2D eigenvalue weighted by molar-refractivity contribution is 4.79. The Balaban J connectivity index is 0. The van der Waals surface area contributed by atoms with Gasteiger partial charge in [-0.1, -0.05) is 28.7 Å². The first-order valence-corrected chi connectivity index (χ1v) is 4.49. The van der Waals surface area contributed by atoms with Gasteiger partial charge in [0.1, 0.15) is 0 Å². The Hall–Kier alpha value is -0.0800. The fourth-order valence-electron chi connectivity index (χ4n) is 1.48. The van der Waals surface area contributed by atoms with E-state index in [0.717, 1.165) is 12.8 Å². The van der Waals surface area contributed by atoms with E-state index in [1.807, 2.05) is 0 Å². The summed E-state index contributed by atoms with van der Waals surface area (Å²) in [6.45, 7) is 8.35. The van der Waals surface area contributed by atoms with Gasteiger partial charge in [0, 0.05) is 0 Å². The summed E-state index contributed by atoms with van der Waals surface area (Å²) in [4.78, 5) is 0. The molecule has 1 aliphatic rings. The van der Waals surface area contributed by atoms with E-state index in [-0.39, 0.29) is 32.8 Å². The average molecular weight is 190 g/mol. The molecule has 2 nitrogen and oxygen atoms in total. The van der Waals surface area contributed by atoms with E-state index in [2.05, 4.69) is 27.7 Å². The van der Waals surface area contributed by atoms with Crippen molar-refractivity contribution < 1.29 is 9.47 Å². The van der Waals surface area contributed by atoms with E-state index >= 15 is 0 Å². The van der Waals surface area contributed by atoms with Gasteiger partial charge in [-0.15, -0.1) is 0 Å². The maximum Gasteiger partial charge on any atom is 0.168 e. The van der Waals surface area contributed by atoms with Crippen molar-refractivity contribution in [2.45, 2.75) is 73.4 Å². The van der Waals surface area contributed by atoms with Gasteiger partial charge in [-0.25, -0.2) is 0 Å². The normalized spacial score (nSPS) is 30.5. The molecule has 0 aliphatic carbocycles. The van der Waals surface area contributed by atoms with Crippen molar-refractivity contribution in [3.05, 3.63) is 0 Å². The molecule has 0 radical (unpaired) electrons. The predicted octanol–water partition coefficient (Wildman–Crippen LogP) is 3.60. The van der Waals surface area contributed by atoms with Gasteiger partial charge in [-0.2, -0.15) is 0 Å². The summed E-state index contributed by atoms with van der Waals surface area (Å²) in [6, 6.07) is 0. The zero-order valence-corrected chi connectivity index (χ0v) is 7.89. The summed E-state index contributed by atoms with van der Waals surface area (Å²) in [5.74, 6) is -0.279. The molecular formula is C11H26O2. The lowest BCUT2D eigenvalue weighted by atomic mass is 10.1. The van der Waals surface area contributed by atoms with Crippen LogP contribution in [0.15, 0.2) is 0 Å². The zero-order chi connectivity index (χ0) is 8.48. The number of rotatable bonds is 2. The Kier molecular flexibility index (Phi) is 6.64. The minimum Gasteiger partial charge on any atom is -0.344 e. The molecule has 0 N–H and O–H groups in total. The van der Waals surface area contributed by atoms with Gasteiger partial charge < -0.3 is 9.47 Å². The second-order valence-electron chi connectivity index (χ2n) is 3.26. The van der Waals surface area contributed by atoms with Crippen LogP contribution >= 0.6 is 0 Å². The Morgan fingerprint density at radius 3 is 1.38 bits per heavy atom. The van der Waals surface area contributed by atoms with Crippen molar-refractivity contribution in [1.29, 1.82) is 0 Å². The van der Waals surface area contributed by atoms with Gasteiger partial charge in [-0.3, -0.25) is 0 Å². The van der Waals surface area contributed by atoms with Crippen molar-refractivity contribution in [3.63, 3.8) is 0 Å². The lowest BCUT2D eigenvalue weighted by molar-refractivity contribution is -0.176. The van der Waals surface area contributed by atoms with Crippen LogP contribution in [0.5, 0.6) is 0 Å². The van der Waals surface area contributed by atoms with Crippen LogP contribution in [0, 0.1) is 0 Å². The summed E-state index contributed by atoms with van der Waals surface area (Å²) < 4.78 is 11.5. The molecule has 1 fully saturated rings. The van der Waals surface area contributed by atoms with Crippen LogP contribution in [0.3, 0.4) is 0 Å². The summed E-state index contributed by atoms with van der Waals surface area (Å²) in [7, 11) is 0. The van der Waals surface area contributed by atoms with E-state index in [1.165, 1.54) is 0 Å². The van der Waals surface area contributed by atoms with Crippen LogP contribution in [-0.4, -0.2) is 18.0 Å². The summed E-state index contributed by atoms with van der Waals surface area (Å²) in [5, 5.41) is 0. The lowest BCUT2D eigenvalue weighted by Gasteiger charge is -2.24. The van der Waals surface area contributed by atoms with Crippen LogP contribution in [0.25, 0.3) is 0 Å². The average Bonchev–Trinajstić information content (AvgIpc) is 2.29. The zero-order valence-electron chi connectivity index (χ0n) is 7.89.